The highest BCUT2D eigenvalue weighted by atomic mass is 32.2. The molecule has 0 fully saturated rings. The minimum absolute atomic E-state index is 0.0130. The van der Waals surface area contributed by atoms with Gasteiger partial charge in [0.15, 0.2) is 10.2 Å². The zero-order valence-corrected chi connectivity index (χ0v) is 12.8. The van der Waals surface area contributed by atoms with Crippen LogP contribution in [0.4, 0.5) is 5.13 Å². The fourth-order valence-corrected chi connectivity index (χ4v) is 3.16. The molecule has 0 aliphatic heterocycles. The first-order valence-corrected chi connectivity index (χ1v) is 8.44. The molecule has 0 saturated heterocycles. The number of thiazole rings is 1. The van der Waals surface area contributed by atoms with Crippen LogP contribution in [-0.2, 0) is 16.6 Å². The molecule has 0 amide bonds. The van der Waals surface area contributed by atoms with Crippen LogP contribution in [0.15, 0.2) is 34.9 Å². The molecule has 108 valence electrons. The van der Waals surface area contributed by atoms with Gasteiger partial charge in [-0.15, -0.1) is 11.3 Å². The first-order valence-electron chi connectivity index (χ1n) is 6.08. The van der Waals surface area contributed by atoms with E-state index in [4.69, 9.17) is 0 Å². The number of anilines is 1. The Balaban J connectivity index is 2.08. The van der Waals surface area contributed by atoms with E-state index in [1.165, 1.54) is 23.6 Å². The molecule has 0 aromatic carbocycles. The van der Waals surface area contributed by atoms with E-state index in [9.17, 15) is 8.42 Å². The second-order valence-electron chi connectivity index (χ2n) is 4.48. The van der Waals surface area contributed by atoms with E-state index < -0.39 is 10.0 Å². The summed E-state index contributed by atoms with van der Waals surface area (Å²) < 4.78 is 26.5. The summed E-state index contributed by atoms with van der Waals surface area (Å²) in [6, 6.07) is 3.61. The van der Waals surface area contributed by atoms with Crippen molar-refractivity contribution < 1.29 is 8.42 Å². The minimum Gasteiger partial charge on any atom is -0.310 e. The average molecular weight is 312 g/mol. The van der Waals surface area contributed by atoms with Crippen molar-refractivity contribution in [2.45, 2.75) is 31.5 Å². The third-order valence-electron chi connectivity index (χ3n) is 2.44. The number of sulfonamides is 1. The van der Waals surface area contributed by atoms with E-state index in [-0.39, 0.29) is 5.03 Å². The Labute approximate surface area is 122 Å². The van der Waals surface area contributed by atoms with E-state index in [1.54, 1.807) is 17.6 Å². The number of pyridine rings is 1. The fourth-order valence-electron chi connectivity index (χ4n) is 1.44. The lowest BCUT2D eigenvalue weighted by Crippen LogP contribution is -2.22. The quantitative estimate of drug-likeness (QED) is 0.850. The highest BCUT2D eigenvalue weighted by molar-refractivity contribution is 7.92. The van der Waals surface area contributed by atoms with Crippen LogP contribution < -0.4 is 10.0 Å². The Bertz CT molecular complexity index is 637. The predicted molar refractivity (Wildman–Crippen MR) is 79.1 cm³/mol. The van der Waals surface area contributed by atoms with E-state index >= 15 is 0 Å². The number of hydrogen-bond donors (Lipinski definition) is 2. The van der Waals surface area contributed by atoms with Crippen molar-refractivity contribution >= 4 is 26.5 Å². The summed E-state index contributed by atoms with van der Waals surface area (Å²) >= 11 is 1.22. The molecule has 0 aliphatic rings. The molecule has 0 saturated carbocycles. The van der Waals surface area contributed by atoms with E-state index in [1.807, 2.05) is 13.8 Å². The van der Waals surface area contributed by atoms with Crippen LogP contribution in [-0.4, -0.2) is 24.4 Å². The van der Waals surface area contributed by atoms with Crippen LogP contribution in [0.3, 0.4) is 0 Å². The Kier molecular flexibility index (Phi) is 4.69. The van der Waals surface area contributed by atoms with Gasteiger partial charge < -0.3 is 5.32 Å². The van der Waals surface area contributed by atoms with Crippen molar-refractivity contribution in [1.82, 2.24) is 15.3 Å². The number of hydrogen-bond acceptors (Lipinski definition) is 6. The van der Waals surface area contributed by atoms with Crippen molar-refractivity contribution in [3.05, 3.63) is 35.5 Å². The van der Waals surface area contributed by atoms with Gasteiger partial charge in [0.25, 0.3) is 10.0 Å². The molecule has 6 nitrogen and oxygen atoms in total. The molecule has 0 bridgehead atoms. The molecule has 0 aliphatic carbocycles. The van der Waals surface area contributed by atoms with Gasteiger partial charge in [-0.25, -0.2) is 9.97 Å². The van der Waals surface area contributed by atoms with Crippen LogP contribution in [0.2, 0.25) is 0 Å². The van der Waals surface area contributed by atoms with Crippen LogP contribution in [0.5, 0.6) is 0 Å². The summed E-state index contributed by atoms with van der Waals surface area (Å²) in [5.74, 6) is 0. The standard InChI is InChI=1S/C12H16N4O2S2/c1-9(2)14-7-10-3-4-11(15-8-10)20(17,18)16-12-13-5-6-19-12/h3-6,8-9,14H,7H2,1-2H3,(H,13,16). The van der Waals surface area contributed by atoms with E-state index in [0.717, 1.165) is 5.56 Å². The molecular formula is C12H16N4O2S2. The van der Waals surface area contributed by atoms with Gasteiger partial charge in [0.2, 0.25) is 0 Å². The second-order valence-corrected chi connectivity index (χ2v) is 7.01. The lowest BCUT2D eigenvalue weighted by molar-refractivity contribution is 0.585. The summed E-state index contributed by atoms with van der Waals surface area (Å²) in [5, 5.41) is 5.26. The third kappa shape index (κ3) is 3.99. The molecule has 2 aromatic heterocycles. The smallest absolute Gasteiger partial charge is 0.281 e. The maximum absolute atomic E-state index is 12.1. The monoisotopic (exact) mass is 312 g/mol. The van der Waals surface area contributed by atoms with Crippen molar-refractivity contribution in [3.63, 3.8) is 0 Å². The maximum atomic E-state index is 12.1. The van der Waals surface area contributed by atoms with Gasteiger partial charge in [0.1, 0.15) is 0 Å². The van der Waals surface area contributed by atoms with Gasteiger partial charge in [-0.2, -0.15) is 8.42 Å². The Morgan fingerprint density at radius 1 is 1.30 bits per heavy atom. The number of nitrogens with zero attached hydrogens (tertiary/aromatic N) is 2. The van der Waals surface area contributed by atoms with E-state index in [0.29, 0.717) is 17.7 Å². The maximum Gasteiger partial charge on any atom is 0.281 e. The van der Waals surface area contributed by atoms with Crippen LogP contribution in [0.25, 0.3) is 0 Å². The first kappa shape index (κ1) is 14.9. The zero-order valence-electron chi connectivity index (χ0n) is 11.2. The summed E-state index contributed by atoms with van der Waals surface area (Å²) in [6.07, 6.45) is 3.10. The molecule has 2 N–H and O–H groups in total. The van der Waals surface area contributed by atoms with Gasteiger partial charge in [-0.3, -0.25) is 4.72 Å². The molecule has 0 unspecified atom stereocenters. The molecule has 8 heteroatoms. The molecular weight excluding hydrogens is 296 g/mol. The van der Waals surface area contributed by atoms with Crippen LogP contribution >= 0.6 is 11.3 Å². The molecule has 2 aromatic rings. The summed E-state index contributed by atoms with van der Waals surface area (Å²) in [7, 11) is -3.66. The molecule has 20 heavy (non-hydrogen) atoms. The molecule has 2 heterocycles. The van der Waals surface area contributed by atoms with Crippen LogP contribution in [0.1, 0.15) is 19.4 Å². The van der Waals surface area contributed by atoms with E-state index in [2.05, 4.69) is 20.0 Å². The largest absolute Gasteiger partial charge is 0.310 e. The van der Waals surface area contributed by atoms with Gasteiger partial charge >= 0.3 is 0 Å². The first-order chi connectivity index (χ1) is 9.47. The second kappa shape index (κ2) is 6.29. The number of rotatable bonds is 6. The highest BCUT2D eigenvalue weighted by Gasteiger charge is 2.16. The SMILES string of the molecule is CC(C)NCc1ccc(S(=O)(=O)Nc2nccs2)nc1. The predicted octanol–water partition coefficient (Wildman–Crippen LogP) is 1.84. The minimum atomic E-state index is -3.66. The van der Waals surface area contributed by atoms with Gasteiger partial charge in [0, 0.05) is 30.4 Å². The summed E-state index contributed by atoms with van der Waals surface area (Å²) in [5.41, 5.74) is 0.937. The van der Waals surface area contributed by atoms with Gasteiger partial charge in [-0.05, 0) is 11.6 Å². The number of nitrogens with one attached hydrogen (secondary N) is 2. The normalized spacial score (nSPS) is 11.8. The Morgan fingerprint density at radius 2 is 2.10 bits per heavy atom. The zero-order chi connectivity index (χ0) is 14.6. The third-order valence-corrected chi connectivity index (χ3v) is 4.51. The highest BCUT2D eigenvalue weighted by Crippen LogP contribution is 2.16. The fraction of sp³-hybridized carbons (Fsp3) is 0.333. The topological polar surface area (TPSA) is 84.0 Å². The molecule has 0 atom stereocenters. The van der Waals surface area contributed by atoms with Crippen molar-refractivity contribution in [2.24, 2.45) is 0 Å². The Hall–Kier alpha value is -1.51. The van der Waals surface area contributed by atoms with Gasteiger partial charge in [0.05, 0.1) is 0 Å². The lowest BCUT2D eigenvalue weighted by Gasteiger charge is -2.08. The van der Waals surface area contributed by atoms with Crippen LogP contribution in [0, 0.1) is 0 Å². The summed E-state index contributed by atoms with van der Waals surface area (Å²) in [6.45, 7) is 4.75. The van der Waals surface area contributed by atoms with Crippen molar-refractivity contribution in [3.8, 4) is 0 Å². The molecule has 0 spiro atoms. The van der Waals surface area contributed by atoms with Crippen molar-refractivity contribution in [1.29, 1.82) is 0 Å². The van der Waals surface area contributed by atoms with Crippen molar-refractivity contribution in [2.75, 3.05) is 4.72 Å². The number of aromatic nitrogens is 2. The van der Waals surface area contributed by atoms with Gasteiger partial charge in [-0.1, -0.05) is 19.9 Å². The Morgan fingerprint density at radius 3 is 2.65 bits per heavy atom. The lowest BCUT2D eigenvalue weighted by atomic mass is 10.2. The molecule has 0 radical (unpaired) electrons. The molecule has 2 rings (SSSR count). The average Bonchev–Trinajstić information content (AvgIpc) is 2.89. The summed E-state index contributed by atoms with van der Waals surface area (Å²) in [4.78, 5) is 7.88.